The molecule has 1 heterocycles. The Bertz CT molecular complexity index is 2510. The minimum Gasteiger partial charge on any atom is -0.456 e. The second kappa shape index (κ2) is 8.72. The van der Waals surface area contributed by atoms with Crippen molar-refractivity contribution in [1.82, 2.24) is 0 Å². The summed E-state index contributed by atoms with van der Waals surface area (Å²) in [6.07, 6.45) is 0. The van der Waals surface area contributed by atoms with Crippen LogP contribution in [0.15, 0.2) is 150 Å². The number of hydrogen-bond acceptors (Lipinski definition) is 1. The molecule has 182 valence electrons. The van der Waals surface area contributed by atoms with Gasteiger partial charge in [-0.15, -0.1) is 0 Å². The molecule has 0 aliphatic carbocycles. The Morgan fingerprint density at radius 1 is 0.410 bits per heavy atom. The molecule has 0 atom stereocenters. The maximum Gasteiger partial charge on any atom is 0.136 e. The first-order valence-corrected chi connectivity index (χ1v) is 12.7. The molecule has 0 saturated heterocycles. The van der Waals surface area contributed by atoms with Gasteiger partial charge in [0.05, 0.1) is 11.0 Å². The monoisotopic (exact) mass is 504 g/mol. The van der Waals surface area contributed by atoms with Gasteiger partial charge in [0.1, 0.15) is 11.2 Å². The highest BCUT2D eigenvalue weighted by atomic mass is 16.3. The number of rotatable bonds is 3. The van der Waals surface area contributed by atoms with Gasteiger partial charge in [0.25, 0.3) is 0 Å². The van der Waals surface area contributed by atoms with Crippen molar-refractivity contribution in [2.24, 2.45) is 0 Å². The smallest absolute Gasteiger partial charge is 0.136 e. The molecular formula is C38H24O. The molecule has 0 aliphatic heterocycles. The molecule has 0 N–H and O–H groups in total. The molecule has 0 bridgehead atoms. The minimum absolute atomic E-state index is 0.178. The zero-order valence-corrected chi connectivity index (χ0v) is 20.6. The lowest BCUT2D eigenvalue weighted by molar-refractivity contribution is 0.669. The van der Waals surface area contributed by atoms with E-state index in [1.807, 2.05) is 72.8 Å². The van der Waals surface area contributed by atoms with Crippen LogP contribution in [0.5, 0.6) is 0 Å². The maximum absolute atomic E-state index is 9.31. The van der Waals surface area contributed by atoms with E-state index in [1.54, 1.807) is 24.3 Å². The van der Waals surface area contributed by atoms with Crippen LogP contribution in [0.2, 0.25) is 0 Å². The summed E-state index contributed by atoms with van der Waals surface area (Å²) in [4.78, 5) is 0. The highest BCUT2D eigenvalue weighted by Crippen LogP contribution is 2.49. The number of hydrogen-bond donors (Lipinski definition) is 0. The van der Waals surface area contributed by atoms with Gasteiger partial charge >= 0.3 is 0 Å². The van der Waals surface area contributed by atoms with E-state index in [4.69, 9.17) is 9.90 Å². The van der Waals surface area contributed by atoms with E-state index in [2.05, 4.69) is 0 Å². The molecule has 8 aromatic rings. The van der Waals surface area contributed by atoms with Crippen molar-refractivity contribution in [2.45, 2.75) is 0 Å². The van der Waals surface area contributed by atoms with Crippen molar-refractivity contribution in [3.8, 4) is 33.4 Å². The molecule has 0 amide bonds. The van der Waals surface area contributed by atoms with Crippen LogP contribution in [-0.4, -0.2) is 0 Å². The fourth-order valence-electron chi connectivity index (χ4n) is 5.72. The van der Waals surface area contributed by atoms with Gasteiger partial charge in [-0.2, -0.15) is 0 Å². The predicted molar refractivity (Wildman–Crippen MR) is 165 cm³/mol. The molecule has 0 saturated carbocycles. The van der Waals surface area contributed by atoms with E-state index in [-0.39, 0.29) is 45.7 Å². The first-order valence-electron chi connectivity index (χ1n) is 16.7. The summed E-state index contributed by atoms with van der Waals surface area (Å²) in [6.45, 7) is 0. The summed E-state index contributed by atoms with van der Waals surface area (Å²) >= 11 is 0. The first-order chi connectivity index (χ1) is 22.7. The fourth-order valence-corrected chi connectivity index (χ4v) is 5.72. The Morgan fingerprint density at radius 2 is 0.923 bits per heavy atom. The van der Waals surface area contributed by atoms with Gasteiger partial charge in [0, 0.05) is 16.3 Å². The Labute approximate surface area is 237 Å². The maximum atomic E-state index is 9.31. The summed E-state index contributed by atoms with van der Waals surface area (Å²) < 4.78 is 78.2. The Hall–Kier alpha value is -5.14. The summed E-state index contributed by atoms with van der Waals surface area (Å²) in [5.74, 6) is 0. The van der Waals surface area contributed by atoms with Gasteiger partial charge in [-0.1, -0.05) is 127 Å². The third-order valence-corrected chi connectivity index (χ3v) is 7.31. The molecule has 7 aromatic carbocycles. The predicted octanol–water partition coefficient (Wildman–Crippen LogP) is 10.9. The van der Waals surface area contributed by atoms with Crippen LogP contribution < -0.4 is 0 Å². The summed E-state index contributed by atoms with van der Waals surface area (Å²) in [6, 6.07) is 27.1. The molecule has 8 rings (SSSR count). The van der Waals surface area contributed by atoms with E-state index < -0.39 is 24.2 Å². The second-order valence-electron chi connectivity index (χ2n) is 9.44. The highest BCUT2D eigenvalue weighted by molar-refractivity contribution is 6.25. The van der Waals surface area contributed by atoms with Crippen LogP contribution in [0, 0.1) is 0 Å². The Kier molecular flexibility index (Phi) is 3.42. The minimum atomic E-state index is -0.431. The van der Waals surface area contributed by atoms with Crippen molar-refractivity contribution >= 4 is 43.5 Å². The number of fused-ring (bicyclic) bond motifs is 5. The quantitative estimate of drug-likeness (QED) is 0.218. The van der Waals surface area contributed by atoms with Gasteiger partial charge in [-0.3, -0.25) is 0 Å². The normalized spacial score (nSPS) is 14.5. The standard InChI is InChI=1S/C38H24O/c1-3-13-25(14-4-1)35-27-17-7-9-19-29(27)37(30-20-10-8-18-28(30)35)32-23-24-34-38(31-21-11-12-22-33(31)39-34)36(32)26-15-5-2-6-16-26/h1-24H/i7D,8D,9D,10D,17D,18D,19D,20D. The molecule has 0 radical (unpaired) electrons. The van der Waals surface area contributed by atoms with Crippen molar-refractivity contribution in [1.29, 1.82) is 0 Å². The summed E-state index contributed by atoms with van der Waals surface area (Å²) in [5.41, 5.74) is 4.59. The van der Waals surface area contributed by atoms with Gasteiger partial charge in [0.15, 0.2) is 0 Å². The van der Waals surface area contributed by atoms with E-state index in [0.29, 0.717) is 33.4 Å². The number of furan rings is 1. The van der Waals surface area contributed by atoms with Crippen LogP contribution in [0.3, 0.4) is 0 Å². The largest absolute Gasteiger partial charge is 0.456 e. The first kappa shape index (κ1) is 15.3. The number of benzene rings is 7. The zero-order valence-electron chi connectivity index (χ0n) is 28.6. The molecular weight excluding hydrogens is 472 g/mol. The lowest BCUT2D eigenvalue weighted by atomic mass is 9.83. The molecule has 0 unspecified atom stereocenters. The van der Waals surface area contributed by atoms with Gasteiger partial charge in [-0.05, 0) is 67.6 Å². The summed E-state index contributed by atoms with van der Waals surface area (Å²) in [5, 5.41) is 2.37. The molecule has 0 aliphatic rings. The van der Waals surface area contributed by atoms with Crippen LogP contribution in [0.4, 0.5) is 0 Å². The van der Waals surface area contributed by atoms with Crippen LogP contribution in [-0.2, 0) is 0 Å². The molecule has 1 nitrogen and oxygen atoms in total. The lowest BCUT2D eigenvalue weighted by Crippen LogP contribution is -1.93. The van der Waals surface area contributed by atoms with E-state index >= 15 is 0 Å². The van der Waals surface area contributed by atoms with Crippen LogP contribution in [0.1, 0.15) is 11.0 Å². The van der Waals surface area contributed by atoms with E-state index in [9.17, 15) is 5.48 Å². The molecule has 39 heavy (non-hydrogen) atoms. The van der Waals surface area contributed by atoms with Crippen molar-refractivity contribution in [3.05, 3.63) is 145 Å². The highest BCUT2D eigenvalue weighted by Gasteiger charge is 2.22. The summed E-state index contributed by atoms with van der Waals surface area (Å²) in [7, 11) is 0. The Balaban J connectivity index is 1.74. The van der Waals surface area contributed by atoms with E-state index in [1.165, 1.54) is 0 Å². The fraction of sp³-hybridized carbons (Fsp3) is 0. The average molecular weight is 505 g/mol. The van der Waals surface area contributed by atoms with Crippen molar-refractivity contribution < 1.29 is 15.4 Å². The van der Waals surface area contributed by atoms with Gasteiger partial charge in [0.2, 0.25) is 0 Å². The molecule has 0 fully saturated rings. The molecule has 1 aromatic heterocycles. The van der Waals surface area contributed by atoms with E-state index in [0.717, 1.165) is 21.9 Å². The third-order valence-electron chi connectivity index (χ3n) is 7.31. The third kappa shape index (κ3) is 3.34. The van der Waals surface area contributed by atoms with Crippen LogP contribution >= 0.6 is 0 Å². The Morgan fingerprint density at radius 3 is 1.54 bits per heavy atom. The van der Waals surface area contributed by atoms with Crippen molar-refractivity contribution in [2.75, 3.05) is 0 Å². The second-order valence-corrected chi connectivity index (χ2v) is 9.44. The van der Waals surface area contributed by atoms with Gasteiger partial charge in [-0.25, -0.2) is 0 Å². The lowest BCUT2D eigenvalue weighted by Gasteiger charge is -2.20. The zero-order chi connectivity index (χ0) is 32.7. The topological polar surface area (TPSA) is 13.1 Å². The average Bonchev–Trinajstić information content (AvgIpc) is 3.49. The van der Waals surface area contributed by atoms with Crippen molar-refractivity contribution in [3.63, 3.8) is 0 Å². The SMILES string of the molecule is [2H]c1c([2H])c([2H])c2c(-c3ccc4oc5ccccc5c4c3-c3ccccc3)c3c([2H])c([2H])c([2H])c([2H])c3c(-c3ccccc3)c2c1[2H]. The van der Waals surface area contributed by atoms with Crippen LogP contribution in [0.25, 0.3) is 76.9 Å². The molecule has 0 spiro atoms. The molecule has 1 heteroatoms. The number of para-hydroxylation sites is 1. The van der Waals surface area contributed by atoms with Gasteiger partial charge < -0.3 is 4.42 Å².